The predicted octanol–water partition coefficient (Wildman–Crippen LogP) is 6.02. The molecule has 1 aliphatic heterocycles. The molecule has 8 heteroatoms. The molecule has 1 fully saturated rings. The molecule has 0 bridgehead atoms. The molecule has 0 saturated carbocycles. The van der Waals surface area contributed by atoms with E-state index in [4.69, 9.17) is 9.72 Å². The van der Waals surface area contributed by atoms with E-state index in [2.05, 4.69) is 59.3 Å². The number of hydrogen-bond acceptors (Lipinski definition) is 7. The highest BCUT2D eigenvalue weighted by Gasteiger charge is 2.22. The third-order valence-corrected chi connectivity index (χ3v) is 8.11. The van der Waals surface area contributed by atoms with Gasteiger partial charge in [-0.15, -0.1) is 11.3 Å². The monoisotopic (exact) mass is 490 g/mol. The third-order valence-electron chi connectivity index (χ3n) is 7.08. The Kier molecular flexibility index (Phi) is 6.75. The summed E-state index contributed by atoms with van der Waals surface area (Å²) in [6, 6.07) is 6.63. The SMILES string of the molecule is COc1cc(CN2CCC(C(C)C)CC2)ccc1-c1c(C)sc2cnc(Nc3cnn(C)c3)nc12. The van der Waals surface area contributed by atoms with Crippen molar-refractivity contribution < 1.29 is 4.74 Å². The fourth-order valence-corrected chi connectivity index (χ4v) is 6.06. The van der Waals surface area contributed by atoms with Crippen molar-refractivity contribution in [2.45, 2.75) is 40.2 Å². The number of nitrogens with zero attached hydrogens (tertiary/aromatic N) is 5. The Hall–Kier alpha value is -2.97. The van der Waals surface area contributed by atoms with Gasteiger partial charge < -0.3 is 10.1 Å². The number of nitrogens with one attached hydrogen (secondary N) is 1. The van der Waals surface area contributed by atoms with Crippen LogP contribution in [0, 0.1) is 18.8 Å². The van der Waals surface area contributed by atoms with Gasteiger partial charge in [-0.2, -0.15) is 5.10 Å². The average Bonchev–Trinajstić information content (AvgIpc) is 3.40. The summed E-state index contributed by atoms with van der Waals surface area (Å²) in [6.07, 6.45) is 8.15. The molecule has 4 aromatic rings. The minimum Gasteiger partial charge on any atom is -0.496 e. The van der Waals surface area contributed by atoms with E-state index < -0.39 is 0 Å². The predicted molar refractivity (Wildman–Crippen MR) is 143 cm³/mol. The van der Waals surface area contributed by atoms with Gasteiger partial charge in [0.05, 0.1) is 35.4 Å². The van der Waals surface area contributed by atoms with Crippen LogP contribution >= 0.6 is 11.3 Å². The van der Waals surface area contributed by atoms with Crippen molar-refractivity contribution in [1.82, 2.24) is 24.6 Å². The number of fused-ring (bicyclic) bond motifs is 1. The maximum Gasteiger partial charge on any atom is 0.227 e. The molecule has 0 radical (unpaired) electrons. The first kappa shape index (κ1) is 23.8. The van der Waals surface area contributed by atoms with Gasteiger partial charge in [0.25, 0.3) is 0 Å². The van der Waals surface area contributed by atoms with Crippen molar-refractivity contribution in [2.24, 2.45) is 18.9 Å². The van der Waals surface area contributed by atoms with Gasteiger partial charge in [0.15, 0.2) is 0 Å². The number of hydrogen-bond donors (Lipinski definition) is 1. The topological polar surface area (TPSA) is 68.1 Å². The van der Waals surface area contributed by atoms with E-state index in [0.29, 0.717) is 5.95 Å². The van der Waals surface area contributed by atoms with Crippen LogP contribution in [0.5, 0.6) is 5.75 Å². The molecule has 4 heterocycles. The second kappa shape index (κ2) is 9.95. The number of thiophene rings is 1. The highest BCUT2D eigenvalue weighted by atomic mass is 32.1. The molecule has 0 atom stereocenters. The second-order valence-electron chi connectivity index (χ2n) is 9.86. The van der Waals surface area contributed by atoms with Crippen molar-refractivity contribution in [1.29, 1.82) is 0 Å². The number of methoxy groups -OCH3 is 1. The van der Waals surface area contributed by atoms with Crippen molar-refractivity contribution in [3.63, 3.8) is 0 Å². The summed E-state index contributed by atoms with van der Waals surface area (Å²) < 4.78 is 8.71. The number of piperidine rings is 1. The average molecular weight is 491 g/mol. The minimum absolute atomic E-state index is 0.560. The van der Waals surface area contributed by atoms with Gasteiger partial charge in [-0.05, 0) is 56.3 Å². The smallest absolute Gasteiger partial charge is 0.227 e. The molecule has 3 aromatic heterocycles. The molecule has 1 N–H and O–H groups in total. The summed E-state index contributed by atoms with van der Waals surface area (Å²) in [5, 5.41) is 7.47. The van der Waals surface area contributed by atoms with Crippen molar-refractivity contribution in [2.75, 3.05) is 25.5 Å². The second-order valence-corrected chi connectivity index (χ2v) is 11.1. The Morgan fingerprint density at radius 1 is 1.20 bits per heavy atom. The fraction of sp³-hybridized carbons (Fsp3) is 0.444. The van der Waals surface area contributed by atoms with E-state index in [1.165, 1.54) is 36.4 Å². The summed E-state index contributed by atoms with van der Waals surface area (Å²) in [5.74, 6) is 3.09. The lowest BCUT2D eigenvalue weighted by molar-refractivity contribution is 0.152. The Balaban J connectivity index is 1.41. The first-order valence-electron chi connectivity index (χ1n) is 12.3. The summed E-state index contributed by atoms with van der Waals surface area (Å²) in [4.78, 5) is 13.2. The lowest BCUT2D eigenvalue weighted by Crippen LogP contribution is -2.34. The molecule has 0 spiro atoms. The summed E-state index contributed by atoms with van der Waals surface area (Å²) >= 11 is 1.71. The first-order valence-corrected chi connectivity index (χ1v) is 13.1. The van der Waals surface area contributed by atoms with E-state index in [0.717, 1.165) is 51.2 Å². The maximum atomic E-state index is 5.90. The minimum atomic E-state index is 0.560. The van der Waals surface area contributed by atoms with E-state index in [1.807, 2.05) is 19.4 Å². The molecule has 35 heavy (non-hydrogen) atoms. The molecule has 184 valence electrons. The molecule has 0 amide bonds. The Morgan fingerprint density at radius 2 is 2.00 bits per heavy atom. The third kappa shape index (κ3) is 5.04. The summed E-state index contributed by atoms with van der Waals surface area (Å²) in [7, 11) is 3.64. The standard InChI is InChI=1S/C27H34N6OS/c1-17(2)20-8-10-33(11-9-20)15-19-6-7-22(23(12-19)34-5)25-18(3)35-24-14-28-27(31-26(24)25)30-21-13-29-32(4)16-21/h6-7,12-14,16-17,20H,8-11,15H2,1-5H3,(H,28,30,31). The van der Waals surface area contributed by atoms with Crippen LogP contribution in [0.4, 0.5) is 11.6 Å². The number of ether oxygens (including phenoxy) is 1. The number of benzene rings is 1. The van der Waals surface area contributed by atoms with E-state index in [1.54, 1.807) is 29.3 Å². The van der Waals surface area contributed by atoms with E-state index in [-0.39, 0.29) is 0 Å². The van der Waals surface area contributed by atoms with Crippen LogP contribution in [-0.2, 0) is 13.6 Å². The van der Waals surface area contributed by atoms with Crippen LogP contribution in [-0.4, -0.2) is 44.8 Å². The molecule has 0 unspecified atom stereocenters. The van der Waals surface area contributed by atoms with Crippen LogP contribution in [0.15, 0.2) is 36.8 Å². The summed E-state index contributed by atoms with van der Waals surface area (Å²) in [5.41, 5.74) is 5.28. The fourth-order valence-electron chi connectivity index (χ4n) is 5.08. The van der Waals surface area contributed by atoms with Gasteiger partial charge in [0.2, 0.25) is 5.95 Å². The van der Waals surface area contributed by atoms with Crippen LogP contribution in [0.2, 0.25) is 0 Å². The van der Waals surface area contributed by atoms with Gasteiger partial charge in [-0.25, -0.2) is 9.97 Å². The number of aromatic nitrogens is 4. The zero-order valence-electron chi connectivity index (χ0n) is 21.2. The van der Waals surface area contributed by atoms with Crippen LogP contribution in [0.3, 0.4) is 0 Å². The number of rotatable bonds is 7. The van der Waals surface area contributed by atoms with Gasteiger partial charge in [0, 0.05) is 35.8 Å². The molecule has 1 saturated heterocycles. The van der Waals surface area contributed by atoms with Crippen LogP contribution in [0.1, 0.15) is 37.1 Å². The normalized spacial score (nSPS) is 15.3. The molecular formula is C27H34N6OS. The highest BCUT2D eigenvalue weighted by molar-refractivity contribution is 7.19. The molecule has 1 aromatic carbocycles. The van der Waals surface area contributed by atoms with Gasteiger partial charge in [0.1, 0.15) is 5.75 Å². The van der Waals surface area contributed by atoms with Crippen molar-refractivity contribution in [3.05, 3.63) is 47.2 Å². The van der Waals surface area contributed by atoms with Crippen molar-refractivity contribution in [3.8, 4) is 16.9 Å². The Morgan fingerprint density at radius 3 is 2.69 bits per heavy atom. The molecule has 0 aliphatic carbocycles. The quantitative estimate of drug-likeness (QED) is 0.342. The van der Waals surface area contributed by atoms with Crippen LogP contribution in [0.25, 0.3) is 21.3 Å². The Labute approximate surface area is 211 Å². The highest BCUT2D eigenvalue weighted by Crippen LogP contribution is 2.42. The first-order chi connectivity index (χ1) is 16.9. The lowest BCUT2D eigenvalue weighted by atomic mass is 9.86. The largest absolute Gasteiger partial charge is 0.496 e. The molecular weight excluding hydrogens is 456 g/mol. The Bertz CT molecular complexity index is 1320. The number of anilines is 2. The van der Waals surface area contributed by atoms with Gasteiger partial charge in [-0.3, -0.25) is 9.58 Å². The van der Waals surface area contributed by atoms with E-state index in [9.17, 15) is 0 Å². The summed E-state index contributed by atoms with van der Waals surface area (Å²) in [6.45, 7) is 10.1. The zero-order valence-corrected chi connectivity index (χ0v) is 22.0. The lowest BCUT2D eigenvalue weighted by Gasteiger charge is -2.34. The van der Waals surface area contributed by atoms with Gasteiger partial charge >= 0.3 is 0 Å². The van der Waals surface area contributed by atoms with Crippen molar-refractivity contribution >= 4 is 33.2 Å². The zero-order chi connectivity index (χ0) is 24.5. The van der Waals surface area contributed by atoms with Gasteiger partial charge in [-0.1, -0.05) is 26.0 Å². The molecule has 1 aliphatic rings. The molecule has 7 nitrogen and oxygen atoms in total. The molecule has 5 rings (SSSR count). The maximum absolute atomic E-state index is 5.90. The number of likely N-dealkylation sites (tertiary alicyclic amines) is 1. The number of aryl methyl sites for hydroxylation is 2. The van der Waals surface area contributed by atoms with Crippen LogP contribution < -0.4 is 10.1 Å². The van der Waals surface area contributed by atoms with E-state index >= 15 is 0 Å².